The number of carboxylic acid groups (broad SMARTS) is 1. The average Bonchev–Trinajstić information content (AvgIpc) is 2.00. The Morgan fingerprint density at radius 1 is 1.36 bits per heavy atom. The number of hydrogen-bond acceptors (Lipinski definition) is 3. The van der Waals surface area contributed by atoms with Crippen LogP contribution in [0.3, 0.4) is 0 Å². The van der Waals surface area contributed by atoms with Gasteiger partial charge in [-0.15, -0.1) is 0 Å². The molecule has 0 spiro atoms. The van der Waals surface area contributed by atoms with Gasteiger partial charge in [0.25, 0.3) is 0 Å². The molecule has 0 saturated heterocycles. The molecule has 1 N–H and O–H groups in total. The largest absolute Gasteiger partial charge is 0.481 e. The van der Waals surface area contributed by atoms with E-state index in [9.17, 15) is 9.59 Å². The Balaban J connectivity index is 4.13. The summed E-state index contributed by atoms with van der Waals surface area (Å²) in [6.07, 6.45) is -0.638. The van der Waals surface area contributed by atoms with E-state index < -0.39 is 23.8 Å². The third kappa shape index (κ3) is 2.67. The summed E-state index contributed by atoms with van der Waals surface area (Å²) in [6.45, 7) is 2.88. The Labute approximate surface area is 65.2 Å². The minimum Gasteiger partial charge on any atom is -0.481 e. The van der Waals surface area contributed by atoms with E-state index >= 15 is 0 Å². The Morgan fingerprint density at radius 3 is 2.09 bits per heavy atom. The lowest BCUT2D eigenvalue weighted by molar-refractivity contribution is -0.148. The smallest absolute Gasteiger partial charge is 0.313 e. The van der Waals surface area contributed by atoms with Crippen molar-refractivity contribution in [1.29, 1.82) is 0 Å². The number of aliphatic carboxylic acids is 1. The van der Waals surface area contributed by atoms with E-state index in [1.165, 1.54) is 21.0 Å². The number of hydrogen-bond donors (Lipinski definition) is 1. The molecule has 0 fully saturated rings. The summed E-state index contributed by atoms with van der Waals surface area (Å²) in [4.78, 5) is 21.3. The maximum Gasteiger partial charge on any atom is 0.313 e. The molecular weight excluding hydrogens is 148 g/mol. The molecule has 11 heavy (non-hydrogen) atoms. The predicted molar refractivity (Wildman–Crippen MR) is 38.3 cm³/mol. The van der Waals surface area contributed by atoms with Crippen molar-refractivity contribution < 1.29 is 19.4 Å². The predicted octanol–water partition coefficient (Wildman–Crippen LogP) is 0.311. The van der Waals surface area contributed by atoms with E-state index in [0.717, 1.165) is 0 Å². The number of ketones is 1. The van der Waals surface area contributed by atoms with Gasteiger partial charge in [0, 0.05) is 7.11 Å². The van der Waals surface area contributed by atoms with Crippen LogP contribution in [0.15, 0.2) is 0 Å². The van der Waals surface area contributed by atoms with E-state index in [2.05, 4.69) is 4.74 Å². The molecule has 0 aliphatic carbocycles. The topological polar surface area (TPSA) is 63.6 Å². The summed E-state index contributed by atoms with van der Waals surface area (Å²) in [5, 5.41) is 8.42. The number of Topliss-reactive ketones (excluding diaryl/α,β-unsaturated/α-hetero) is 1. The number of methoxy groups -OCH3 is 1. The lowest BCUT2D eigenvalue weighted by Crippen LogP contribution is -2.30. The number of ether oxygens (including phenoxy) is 1. The van der Waals surface area contributed by atoms with Crippen LogP contribution in [0.2, 0.25) is 0 Å². The lowest BCUT2D eigenvalue weighted by atomic mass is 10.0. The van der Waals surface area contributed by atoms with Crippen molar-refractivity contribution in [2.45, 2.75) is 20.0 Å². The Hall–Kier alpha value is -0.900. The van der Waals surface area contributed by atoms with Crippen LogP contribution >= 0.6 is 0 Å². The van der Waals surface area contributed by atoms with Crippen LogP contribution in [0.1, 0.15) is 13.8 Å². The van der Waals surface area contributed by atoms with E-state index in [1.54, 1.807) is 0 Å². The van der Waals surface area contributed by atoms with Gasteiger partial charge in [-0.05, 0) is 13.8 Å². The number of carbonyl (C=O) groups excluding carboxylic acids is 1. The zero-order chi connectivity index (χ0) is 9.02. The second kappa shape index (κ2) is 4.08. The van der Waals surface area contributed by atoms with Gasteiger partial charge in [-0.1, -0.05) is 0 Å². The molecule has 64 valence electrons. The minimum atomic E-state index is -1.11. The molecule has 0 aromatic heterocycles. The van der Waals surface area contributed by atoms with Crippen LogP contribution in [0, 0.1) is 5.92 Å². The summed E-state index contributed by atoms with van der Waals surface area (Å²) in [6, 6.07) is 0. The van der Waals surface area contributed by atoms with Gasteiger partial charge in [-0.3, -0.25) is 9.59 Å². The molecule has 0 bridgehead atoms. The van der Waals surface area contributed by atoms with E-state index in [0.29, 0.717) is 0 Å². The van der Waals surface area contributed by atoms with Gasteiger partial charge >= 0.3 is 5.97 Å². The Bertz CT molecular complexity index is 164. The second-order valence-corrected chi connectivity index (χ2v) is 2.34. The summed E-state index contributed by atoms with van der Waals surface area (Å²) in [5.74, 6) is -2.50. The quantitative estimate of drug-likeness (QED) is 0.601. The van der Waals surface area contributed by atoms with Gasteiger partial charge in [0.15, 0.2) is 5.78 Å². The van der Waals surface area contributed by atoms with Crippen molar-refractivity contribution >= 4 is 11.8 Å². The van der Waals surface area contributed by atoms with Gasteiger partial charge in [0.05, 0.1) is 0 Å². The third-order valence-corrected chi connectivity index (χ3v) is 1.55. The van der Waals surface area contributed by atoms with E-state index in [-0.39, 0.29) is 0 Å². The first-order valence-electron chi connectivity index (χ1n) is 3.30. The normalized spacial score (nSPS) is 15.5. The van der Waals surface area contributed by atoms with Gasteiger partial charge in [0.2, 0.25) is 0 Å². The monoisotopic (exact) mass is 160 g/mol. The molecular formula is C7H12O4. The highest BCUT2D eigenvalue weighted by atomic mass is 16.5. The molecule has 0 aliphatic rings. The zero-order valence-corrected chi connectivity index (χ0v) is 6.83. The molecule has 2 atom stereocenters. The van der Waals surface area contributed by atoms with E-state index in [1.807, 2.05) is 0 Å². The van der Waals surface area contributed by atoms with Gasteiger partial charge < -0.3 is 9.84 Å². The van der Waals surface area contributed by atoms with Crippen LogP contribution in [0.4, 0.5) is 0 Å². The molecule has 0 heterocycles. The van der Waals surface area contributed by atoms with Gasteiger partial charge in [0.1, 0.15) is 12.0 Å². The van der Waals surface area contributed by atoms with Crippen molar-refractivity contribution in [1.82, 2.24) is 0 Å². The van der Waals surface area contributed by atoms with Crippen molar-refractivity contribution in [3.63, 3.8) is 0 Å². The zero-order valence-electron chi connectivity index (χ0n) is 6.83. The second-order valence-electron chi connectivity index (χ2n) is 2.34. The molecule has 0 rings (SSSR count). The van der Waals surface area contributed by atoms with Crippen molar-refractivity contribution in [2.24, 2.45) is 5.92 Å². The molecule has 0 aliphatic heterocycles. The maximum atomic E-state index is 11.0. The highest BCUT2D eigenvalue weighted by Gasteiger charge is 2.25. The fraction of sp³-hybridized carbons (Fsp3) is 0.714. The molecule has 2 unspecified atom stereocenters. The molecule has 4 heteroatoms. The summed E-state index contributed by atoms with van der Waals surface area (Å²) < 4.78 is 4.67. The van der Waals surface area contributed by atoms with Crippen molar-refractivity contribution in [3.8, 4) is 0 Å². The molecule has 4 nitrogen and oxygen atoms in total. The fourth-order valence-corrected chi connectivity index (χ4v) is 0.590. The van der Waals surface area contributed by atoms with Crippen molar-refractivity contribution in [2.75, 3.05) is 7.11 Å². The molecule has 0 amide bonds. The lowest BCUT2D eigenvalue weighted by Gasteiger charge is -2.10. The summed E-state index contributed by atoms with van der Waals surface area (Å²) in [7, 11) is 1.37. The molecule has 0 radical (unpaired) electrons. The highest BCUT2D eigenvalue weighted by Crippen LogP contribution is 2.03. The molecule has 0 saturated carbocycles. The van der Waals surface area contributed by atoms with Gasteiger partial charge in [-0.25, -0.2) is 0 Å². The number of rotatable bonds is 4. The molecule has 0 aromatic carbocycles. The number of carboxylic acids is 1. The van der Waals surface area contributed by atoms with Crippen LogP contribution < -0.4 is 0 Å². The Kier molecular flexibility index (Phi) is 3.74. The molecule has 0 aromatic rings. The van der Waals surface area contributed by atoms with E-state index in [4.69, 9.17) is 5.11 Å². The average molecular weight is 160 g/mol. The fourth-order valence-electron chi connectivity index (χ4n) is 0.590. The number of carbonyl (C=O) groups is 2. The van der Waals surface area contributed by atoms with Crippen molar-refractivity contribution in [3.05, 3.63) is 0 Å². The summed E-state index contributed by atoms with van der Waals surface area (Å²) >= 11 is 0. The minimum absolute atomic E-state index is 0.403. The first-order chi connectivity index (χ1) is 5.00. The van der Waals surface area contributed by atoms with Crippen LogP contribution in [-0.4, -0.2) is 30.1 Å². The van der Waals surface area contributed by atoms with Crippen LogP contribution in [0.5, 0.6) is 0 Å². The third-order valence-electron chi connectivity index (χ3n) is 1.55. The maximum absolute atomic E-state index is 11.0. The standard InChI is InChI=1S/C7H12O4/c1-4(7(9)10)6(8)5(2)11-3/h4-5H,1-3H3,(H,9,10). The summed E-state index contributed by atoms with van der Waals surface area (Å²) in [5.41, 5.74) is 0. The highest BCUT2D eigenvalue weighted by molar-refractivity contribution is 5.99. The van der Waals surface area contributed by atoms with Crippen LogP contribution in [-0.2, 0) is 14.3 Å². The van der Waals surface area contributed by atoms with Gasteiger partial charge in [-0.2, -0.15) is 0 Å². The first kappa shape index (κ1) is 10.1. The Morgan fingerprint density at radius 2 is 1.82 bits per heavy atom. The first-order valence-corrected chi connectivity index (χ1v) is 3.30. The SMILES string of the molecule is COC(C)C(=O)C(C)C(=O)O. The van der Waals surface area contributed by atoms with Crippen LogP contribution in [0.25, 0.3) is 0 Å².